The van der Waals surface area contributed by atoms with Crippen molar-refractivity contribution in [1.29, 1.82) is 0 Å². The number of aliphatic imine (C=N–C) groups is 2. The predicted octanol–water partition coefficient (Wildman–Crippen LogP) is 18.6. The van der Waals surface area contributed by atoms with E-state index in [0.29, 0.717) is 65.2 Å². The van der Waals surface area contributed by atoms with Gasteiger partial charge in [-0.25, -0.2) is 58.5 Å². The first kappa shape index (κ1) is 107. The molecule has 0 radical (unpaired) electrons. The summed E-state index contributed by atoms with van der Waals surface area (Å²) in [6.07, 6.45) is 10.4. The zero-order valence-corrected chi connectivity index (χ0v) is 80.9. The number of thiocarbonyl (C=S) groups is 2. The van der Waals surface area contributed by atoms with Gasteiger partial charge in [-0.1, -0.05) is 225 Å². The average molecular weight is 1920 g/mol. The van der Waals surface area contributed by atoms with Crippen molar-refractivity contribution < 1.29 is 70.1 Å². The van der Waals surface area contributed by atoms with Crippen molar-refractivity contribution in [3.8, 4) is 0 Å². The van der Waals surface area contributed by atoms with Crippen molar-refractivity contribution in [3.63, 3.8) is 0 Å². The van der Waals surface area contributed by atoms with E-state index in [-0.39, 0.29) is 101 Å². The van der Waals surface area contributed by atoms with Crippen LogP contribution in [0.5, 0.6) is 0 Å². The third-order valence-electron chi connectivity index (χ3n) is 16.7. The smallest absolute Gasteiger partial charge is 1.00 e. The molecule has 0 fully saturated rings. The summed E-state index contributed by atoms with van der Waals surface area (Å²) in [5.41, 5.74) is 13.8. The number of guanidine groups is 1. The van der Waals surface area contributed by atoms with Gasteiger partial charge in [0.15, 0.2) is 5.11 Å². The van der Waals surface area contributed by atoms with Crippen molar-refractivity contribution in [2.24, 2.45) is 20.9 Å². The maximum absolute atomic E-state index is 13.5. The summed E-state index contributed by atoms with van der Waals surface area (Å²) in [7, 11) is -9.69. The molecular weight excluding hydrogens is 1820 g/mol. The third-order valence-corrected chi connectivity index (χ3v) is 24.0. The van der Waals surface area contributed by atoms with Crippen molar-refractivity contribution in [2.45, 2.75) is 149 Å². The number of nitrogens with two attached hydrogens (primary N) is 2. The maximum atomic E-state index is 13.5. The third kappa shape index (κ3) is 36.5. The van der Waals surface area contributed by atoms with Gasteiger partial charge in [0.25, 0.3) is 29.1 Å². The van der Waals surface area contributed by atoms with Gasteiger partial charge in [-0.2, -0.15) is 4.99 Å². The Kier molecular flexibility index (Phi) is 42.8. The molecule has 2 atom stereocenters. The van der Waals surface area contributed by atoms with Gasteiger partial charge in [0.05, 0.1) is 55.7 Å². The van der Waals surface area contributed by atoms with Gasteiger partial charge in [-0.15, -0.1) is 0 Å². The monoisotopic (exact) mass is 1910 g/mol. The molecule has 0 aliphatic rings. The minimum Gasteiger partial charge on any atom is -1.00 e. The first-order valence-corrected chi connectivity index (χ1v) is 45.7. The molecule has 120 heavy (non-hydrogen) atoms. The Morgan fingerprint density at radius 1 is 0.475 bits per heavy atom. The number of anilines is 2. The first-order chi connectivity index (χ1) is 54.4. The number of hydrogen-bond acceptors (Lipinski definition) is 16. The van der Waals surface area contributed by atoms with Crippen LogP contribution in [0, 0.1) is 0 Å². The Labute approximate surface area is 778 Å². The standard InChI is InChI=1S/C28H28Cl3N5O2S.C17H19ClN2O2S2.C11H11Cl2N3.C10H13ClO2S.C10H15NO2S.C7H4ClNS.H3N.Na.H2O.H/c1-28(2,3)19-4-11-23(12-5-19)39(37,38)35-27(33-22-9-6-20(29)7-10-22)34-26(17-36-15-14-32-18-36)24-13-8-21(30)16-25(24)31;1-17(2,3)12-4-10-15(11-5-12)24(21,22)20-16(23)19-14-8-6-13(18)7-9-14;12-8-1-2-9(10(13)5-8)11(14)6-16-4-3-15-7-16;2*1-10(2,3)8-4-6-9(7-5-8)14(11,12)13;8-6-1-3-7(4-2-6)9-5-10;;;;/h4-16,18,26H,17H2,1-3H3,(H2,33,34,35);4-11H,1-3H3,(H2,19,20,23);1-5,7,11H,6,14H2;4-7H,1-3H3;4-7H,1-3H3,(H2,11,12,13);1-4H;1H3;;1H2;/q;;;;;;;+1;;-1. The maximum Gasteiger partial charge on any atom is 1.00 e. The van der Waals surface area contributed by atoms with Crippen molar-refractivity contribution in [3.05, 3.63) is 312 Å². The van der Waals surface area contributed by atoms with Crippen LogP contribution in [0.1, 0.15) is 130 Å². The molecule has 2 heterocycles. The molecule has 0 saturated carbocycles. The zero-order valence-electron chi connectivity index (χ0n) is 68.9. The van der Waals surface area contributed by atoms with E-state index in [1.54, 1.807) is 183 Å². The molecule has 640 valence electrons. The van der Waals surface area contributed by atoms with Gasteiger partial charge in [0.1, 0.15) is 0 Å². The van der Waals surface area contributed by atoms with Crippen molar-refractivity contribution in [1.82, 2.24) is 34.7 Å². The fourth-order valence-electron chi connectivity index (χ4n) is 10.2. The van der Waals surface area contributed by atoms with Gasteiger partial charge in [-0.05, 0) is 225 Å². The van der Waals surface area contributed by atoms with E-state index >= 15 is 0 Å². The fraction of sp³-hybridized carbons (Fsp3) is 0.241. The normalized spacial score (nSPS) is 12.1. The number of halogens is 8. The summed E-state index contributed by atoms with van der Waals surface area (Å²) in [6.45, 7) is 25.8. The van der Waals surface area contributed by atoms with Gasteiger partial charge in [-0.3, -0.25) is 4.72 Å². The second-order valence-electron chi connectivity index (χ2n) is 30.0. The van der Waals surface area contributed by atoms with Crippen molar-refractivity contribution >= 4 is 189 Å². The molecule has 2 aromatic heterocycles. The zero-order chi connectivity index (χ0) is 87.1. The molecule has 0 amide bonds. The Balaban J connectivity index is 0.000000522. The summed E-state index contributed by atoms with van der Waals surface area (Å²) in [5.74, 6) is 0.00773. The number of primary sulfonamides is 1. The quantitative estimate of drug-likeness (QED) is 0.0155. The molecule has 11 aromatic rings. The molecule has 0 bridgehead atoms. The Hall–Kier alpha value is -6.88. The number of nitrogens with one attached hydrogen (secondary N) is 4. The number of benzene rings is 9. The van der Waals surface area contributed by atoms with Crippen LogP contribution < -0.4 is 66.7 Å². The SMILES string of the molecule is CC(C)(C)c1ccc(S(=O)(=O)Cl)cc1.CC(C)(C)c1ccc(S(=O)(=O)NC(=NC(Cn2ccnc2)c2ccc(Cl)cc2Cl)Nc2ccc(Cl)cc2)cc1.CC(C)(C)c1ccc(S(=O)(=O)NC(=S)Nc2ccc(Cl)cc2)cc1.CC(C)(C)c1ccc(S(N)(=O)=O)cc1.N.NC(Cn1ccnc1)c1ccc(Cl)cc1Cl.O.S=C=Nc1ccc(Cl)cc1.[H-].[Na+]. The summed E-state index contributed by atoms with van der Waals surface area (Å²) in [5, 5.41) is 17.1. The van der Waals surface area contributed by atoms with Gasteiger partial charge >= 0.3 is 29.6 Å². The van der Waals surface area contributed by atoms with Crippen LogP contribution in [0.3, 0.4) is 0 Å². The average Bonchev–Trinajstić information content (AvgIpc) is 1.13. The van der Waals surface area contributed by atoms with Crippen LogP contribution in [0.2, 0.25) is 35.2 Å². The molecule has 22 nitrogen and oxygen atoms in total. The molecule has 11 rings (SSSR count). The minimum absolute atomic E-state index is 0. The molecule has 0 saturated heterocycles. The van der Waals surface area contributed by atoms with Crippen LogP contribution >= 0.6 is 116 Å². The molecule has 13 N–H and O–H groups in total. The van der Waals surface area contributed by atoms with Crippen LogP contribution in [0.25, 0.3) is 0 Å². The van der Waals surface area contributed by atoms with Gasteiger partial charge < -0.3 is 38.6 Å². The number of isothiocyanates is 1. The van der Waals surface area contributed by atoms with E-state index in [0.717, 1.165) is 33.5 Å². The van der Waals surface area contributed by atoms with E-state index in [4.69, 9.17) is 120 Å². The Morgan fingerprint density at radius 3 is 1.15 bits per heavy atom. The largest absolute Gasteiger partial charge is 1.00 e. The number of nitrogens with zero attached hydrogens (tertiary/aromatic N) is 6. The summed E-state index contributed by atoms with van der Waals surface area (Å²) < 4.78 is 104. The van der Waals surface area contributed by atoms with E-state index in [1.165, 1.54) is 24.3 Å². The second kappa shape index (κ2) is 47.8. The van der Waals surface area contributed by atoms with Crippen LogP contribution in [0.4, 0.5) is 17.1 Å². The van der Waals surface area contributed by atoms with E-state index in [9.17, 15) is 33.7 Å². The fourth-order valence-corrected chi connectivity index (χ4v) is 15.3. The van der Waals surface area contributed by atoms with Gasteiger partial charge in [0.2, 0.25) is 16.0 Å². The Morgan fingerprint density at radius 2 is 0.808 bits per heavy atom. The van der Waals surface area contributed by atoms with Crippen molar-refractivity contribution in [2.75, 3.05) is 10.6 Å². The van der Waals surface area contributed by atoms with Gasteiger partial charge in [0, 0.05) is 94.6 Å². The molecular formula is C83H96Cl8N13NaO9S6. The topological polar surface area (TPSA) is 364 Å². The van der Waals surface area contributed by atoms with Crippen LogP contribution in [0.15, 0.2) is 273 Å². The number of hydrogen-bond donors (Lipinski definition) is 7. The van der Waals surface area contributed by atoms with Crippen LogP contribution in [-0.4, -0.2) is 74.5 Å². The molecule has 0 aliphatic carbocycles. The van der Waals surface area contributed by atoms with Crippen LogP contribution in [-0.2, 0) is 73.9 Å². The van der Waals surface area contributed by atoms with E-state index in [2.05, 4.69) is 136 Å². The Bertz CT molecular complexity index is 5580. The van der Waals surface area contributed by atoms with E-state index < -0.39 is 45.2 Å². The second-order valence-corrected chi connectivity index (χ2v) is 41.1. The molecule has 2 unspecified atom stereocenters. The molecule has 9 aromatic carbocycles. The molecule has 37 heteroatoms. The summed E-state index contributed by atoms with van der Waals surface area (Å²) >= 11 is 51.6. The number of sulfonamides is 3. The summed E-state index contributed by atoms with van der Waals surface area (Å²) in [4.78, 5) is 17.2. The first-order valence-electron chi connectivity index (χ1n) is 35.4. The number of rotatable bonds is 16. The minimum atomic E-state index is -4.00. The number of aromatic nitrogens is 4. The molecule has 0 aliphatic heterocycles. The van der Waals surface area contributed by atoms with E-state index in [1.807, 2.05) is 45.7 Å². The molecule has 0 spiro atoms. The number of imidazole rings is 2. The predicted molar refractivity (Wildman–Crippen MR) is 499 cm³/mol. The summed E-state index contributed by atoms with van der Waals surface area (Å²) in [6, 6.07) is 57.3.